The summed E-state index contributed by atoms with van der Waals surface area (Å²) in [4.78, 5) is 12.1. The topological polar surface area (TPSA) is 70.9 Å². The predicted molar refractivity (Wildman–Crippen MR) is 165 cm³/mol. The van der Waals surface area contributed by atoms with Crippen molar-refractivity contribution in [2.45, 2.75) is 75.8 Å². The Hall–Kier alpha value is -2.43. The molecule has 3 aromatic rings. The van der Waals surface area contributed by atoms with Gasteiger partial charge in [-0.15, -0.1) is 6.58 Å². The Morgan fingerprint density at radius 3 is 2.44 bits per heavy atom. The minimum atomic E-state index is -0.494. The van der Waals surface area contributed by atoms with Gasteiger partial charge < -0.3 is 23.8 Å². The molecule has 0 saturated carbocycles. The quantitative estimate of drug-likeness (QED) is 0.210. The van der Waals surface area contributed by atoms with Crippen LogP contribution in [0.25, 0.3) is 22.4 Å². The van der Waals surface area contributed by atoms with Gasteiger partial charge >= 0.3 is 0 Å². The Morgan fingerprint density at radius 1 is 1.07 bits per heavy atom. The van der Waals surface area contributed by atoms with E-state index in [-0.39, 0.29) is 29.5 Å². The Kier molecular flexibility index (Phi) is 8.17. The molecule has 5 heterocycles. The van der Waals surface area contributed by atoms with Gasteiger partial charge in [-0.2, -0.15) is 4.98 Å². The van der Waals surface area contributed by atoms with Crippen molar-refractivity contribution < 1.29 is 18.9 Å². The van der Waals surface area contributed by atoms with E-state index in [9.17, 15) is 0 Å². The lowest BCUT2D eigenvalue weighted by Gasteiger charge is -2.30. The fourth-order valence-corrected chi connectivity index (χ4v) is 6.30. The highest BCUT2D eigenvalue weighted by Crippen LogP contribution is 2.36. The second kappa shape index (κ2) is 11.7. The van der Waals surface area contributed by atoms with E-state index in [2.05, 4.69) is 62.7 Å². The molecular formula is C31H40ClN4O4Si. The van der Waals surface area contributed by atoms with Crippen LogP contribution < -0.4 is 9.64 Å². The van der Waals surface area contributed by atoms with Crippen LogP contribution in [0.5, 0.6) is 6.01 Å². The maximum absolute atomic E-state index is 6.79. The summed E-state index contributed by atoms with van der Waals surface area (Å²) in [6.45, 7) is 17.5. The second-order valence-electron chi connectivity index (χ2n) is 12.2. The van der Waals surface area contributed by atoms with Gasteiger partial charge in [-0.25, -0.2) is 4.98 Å². The van der Waals surface area contributed by atoms with Crippen molar-refractivity contribution in [2.24, 2.45) is 0 Å². The van der Waals surface area contributed by atoms with E-state index >= 15 is 0 Å². The first-order valence-corrected chi connectivity index (χ1v) is 17.5. The Labute approximate surface area is 249 Å². The molecule has 6 rings (SSSR count). The molecular weight excluding hydrogens is 556 g/mol. The van der Waals surface area contributed by atoms with Gasteiger partial charge in [0.05, 0.1) is 38.2 Å². The summed E-state index contributed by atoms with van der Waals surface area (Å²) in [5.41, 5.74) is 4.27. The monoisotopic (exact) mass is 595 g/mol. The maximum atomic E-state index is 6.79. The first kappa shape index (κ1) is 28.7. The molecule has 0 bridgehead atoms. The zero-order valence-electron chi connectivity index (χ0n) is 24.4. The molecule has 1 aromatic carbocycles. The lowest BCUT2D eigenvalue weighted by molar-refractivity contribution is -0.0420. The van der Waals surface area contributed by atoms with Crippen LogP contribution >= 0.6 is 11.6 Å². The molecule has 4 atom stereocenters. The number of nitrogens with zero attached hydrogens (tertiary/aromatic N) is 4. The third-order valence-corrected chi connectivity index (χ3v) is 12.0. The molecule has 0 spiro atoms. The van der Waals surface area contributed by atoms with Gasteiger partial charge in [-0.1, -0.05) is 56.8 Å². The summed E-state index contributed by atoms with van der Waals surface area (Å²) in [6, 6.07) is 10.8. The molecule has 3 aliphatic heterocycles. The highest BCUT2D eigenvalue weighted by atomic mass is 35.5. The van der Waals surface area contributed by atoms with Gasteiger partial charge in [0.1, 0.15) is 18.3 Å². The summed E-state index contributed by atoms with van der Waals surface area (Å²) in [5.74, 6) is 0. The number of rotatable bonds is 10. The minimum Gasteiger partial charge on any atom is -0.456 e. The van der Waals surface area contributed by atoms with E-state index in [1.807, 2.05) is 16.7 Å². The molecule has 1 radical (unpaired) electrons. The highest BCUT2D eigenvalue weighted by molar-refractivity contribution is 6.59. The average Bonchev–Trinajstić information content (AvgIpc) is 3.75. The van der Waals surface area contributed by atoms with E-state index < -0.39 is 8.80 Å². The Balaban J connectivity index is 1.21. The van der Waals surface area contributed by atoms with Crippen LogP contribution in [0.1, 0.15) is 26.7 Å². The first-order valence-electron chi connectivity index (χ1n) is 14.6. The van der Waals surface area contributed by atoms with Crippen LogP contribution in [0.15, 0.2) is 43.0 Å². The van der Waals surface area contributed by atoms with Gasteiger partial charge in [-0.3, -0.25) is 4.57 Å². The number of pyridine rings is 1. The van der Waals surface area contributed by atoms with E-state index in [1.54, 1.807) is 0 Å². The van der Waals surface area contributed by atoms with Crippen molar-refractivity contribution in [3.05, 3.63) is 48.0 Å². The number of hydrogen-bond acceptors (Lipinski definition) is 7. The zero-order chi connectivity index (χ0) is 28.7. The van der Waals surface area contributed by atoms with Crippen molar-refractivity contribution in [3.8, 4) is 17.3 Å². The summed E-state index contributed by atoms with van der Waals surface area (Å²) >= 11 is 6.79. The number of aromatic nitrogens is 3. The van der Waals surface area contributed by atoms with Gasteiger partial charge in [0.15, 0.2) is 11.8 Å². The fraction of sp³-hybridized carbons (Fsp3) is 0.548. The molecule has 3 fully saturated rings. The first-order chi connectivity index (χ1) is 19.7. The van der Waals surface area contributed by atoms with E-state index in [4.69, 9.17) is 40.5 Å². The maximum Gasteiger partial charge on any atom is 0.299 e. The number of benzene rings is 1. The Morgan fingerprint density at radius 2 is 1.76 bits per heavy atom. The van der Waals surface area contributed by atoms with Crippen molar-refractivity contribution in [2.75, 3.05) is 37.8 Å². The van der Waals surface area contributed by atoms with Gasteiger partial charge in [-0.05, 0) is 36.1 Å². The van der Waals surface area contributed by atoms with Crippen molar-refractivity contribution in [1.29, 1.82) is 0 Å². The zero-order valence-corrected chi connectivity index (χ0v) is 26.2. The van der Waals surface area contributed by atoms with Crippen LogP contribution in [-0.4, -0.2) is 80.7 Å². The molecule has 0 N–H and O–H groups in total. The SMILES string of the molecule is C=CCn1c(O[C@@H]2CO[C@@H]3[C@@H]2OC[C@H]3OCC(C)(C)[Si](C)C)nc2nc(-c3ccc(N4CCCC4)cc3)c(Cl)cc21. The Bertz CT molecular complexity index is 1390. The average molecular weight is 596 g/mol. The third kappa shape index (κ3) is 5.67. The highest BCUT2D eigenvalue weighted by Gasteiger charge is 2.50. The van der Waals surface area contributed by atoms with Crippen LogP contribution in [0.3, 0.4) is 0 Å². The van der Waals surface area contributed by atoms with Gasteiger partial charge in [0.2, 0.25) is 0 Å². The molecule has 0 amide bonds. The number of imidazole rings is 1. The van der Waals surface area contributed by atoms with E-state index in [0.717, 1.165) is 24.2 Å². The van der Waals surface area contributed by atoms with Crippen molar-refractivity contribution in [1.82, 2.24) is 14.5 Å². The number of hydrogen-bond donors (Lipinski definition) is 0. The largest absolute Gasteiger partial charge is 0.456 e. The van der Waals surface area contributed by atoms with Crippen molar-refractivity contribution in [3.63, 3.8) is 0 Å². The van der Waals surface area contributed by atoms with Crippen LogP contribution in [0.4, 0.5) is 5.69 Å². The summed E-state index contributed by atoms with van der Waals surface area (Å²) in [7, 11) is -0.494. The second-order valence-corrected chi connectivity index (χ2v) is 15.9. The molecule has 10 heteroatoms. The number of anilines is 1. The molecule has 3 saturated heterocycles. The minimum absolute atomic E-state index is 0.0962. The van der Waals surface area contributed by atoms with Crippen LogP contribution in [-0.2, 0) is 20.8 Å². The lowest BCUT2D eigenvalue weighted by Crippen LogP contribution is -2.37. The predicted octanol–water partition coefficient (Wildman–Crippen LogP) is 6.00. The number of fused-ring (bicyclic) bond motifs is 2. The van der Waals surface area contributed by atoms with Crippen molar-refractivity contribution >= 4 is 37.2 Å². The molecule has 219 valence electrons. The van der Waals surface area contributed by atoms with Gasteiger partial charge in [0, 0.05) is 37.5 Å². The molecule has 0 aliphatic carbocycles. The molecule has 8 nitrogen and oxygen atoms in total. The summed E-state index contributed by atoms with van der Waals surface area (Å²) < 4.78 is 27.0. The van der Waals surface area contributed by atoms with Gasteiger partial charge in [0.25, 0.3) is 6.01 Å². The molecule has 0 unspecified atom stereocenters. The van der Waals surface area contributed by atoms with E-state index in [0.29, 0.717) is 48.7 Å². The molecule has 41 heavy (non-hydrogen) atoms. The number of ether oxygens (including phenoxy) is 4. The molecule has 3 aliphatic rings. The third-order valence-electron chi connectivity index (χ3n) is 8.81. The standard InChI is InChI=1S/C31H40ClN4O4Si/c1-6-13-36-23-16-22(32)26(20-9-11-21(12-10-20)35-14-7-8-15-35)33-29(23)34-30(36)40-25-18-38-27-24(17-37-28(25)27)39-19-31(2,3)41(4)5/h6,9-12,16,24-25,27-28H,1,7-8,13-15,17-19H2,2-5H3/t24-,25-,27+,28-/m1/s1. The van der Waals surface area contributed by atoms with Crippen LogP contribution in [0, 0.1) is 0 Å². The molecule has 2 aromatic heterocycles. The smallest absolute Gasteiger partial charge is 0.299 e. The fourth-order valence-electron chi connectivity index (χ4n) is 5.68. The number of halogens is 1. The normalized spacial score (nSPS) is 24.5. The summed E-state index contributed by atoms with van der Waals surface area (Å²) in [5, 5.41) is 0.744. The lowest BCUT2D eigenvalue weighted by atomic mass is 10.1. The summed E-state index contributed by atoms with van der Waals surface area (Å²) in [6.07, 6.45) is 3.55. The number of allylic oxidation sites excluding steroid dienone is 1. The van der Waals surface area contributed by atoms with E-state index in [1.165, 1.54) is 18.5 Å². The van der Waals surface area contributed by atoms with Crippen LogP contribution in [0.2, 0.25) is 23.2 Å².